The predicted molar refractivity (Wildman–Crippen MR) is 115 cm³/mol. The van der Waals surface area contributed by atoms with E-state index in [9.17, 15) is 19.2 Å². The van der Waals surface area contributed by atoms with Crippen molar-refractivity contribution >= 4 is 29.4 Å². The summed E-state index contributed by atoms with van der Waals surface area (Å²) < 4.78 is 22.6. The van der Waals surface area contributed by atoms with E-state index in [0.29, 0.717) is 5.82 Å². The van der Waals surface area contributed by atoms with Gasteiger partial charge in [0.2, 0.25) is 0 Å². The summed E-state index contributed by atoms with van der Waals surface area (Å²) in [5.74, 6) is -1.59. The van der Waals surface area contributed by atoms with E-state index in [2.05, 4.69) is 10.3 Å². The van der Waals surface area contributed by atoms with Gasteiger partial charge in [-0.15, -0.1) is 0 Å². The Labute approximate surface area is 189 Å². The summed E-state index contributed by atoms with van der Waals surface area (Å²) in [6.45, 7) is 5.27. The summed E-state index contributed by atoms with van der Waals surface area (Å²) in [6, 6.07) is 9.08. The molecule has 0 unspecified atom stereocenters. The Balaban J connectivity index is 1.89. The number of rotatable bonds is 7. The van der Waals surface area contributed by atoms with Crippen LogP contribution in [0.3, 0.4) is 0 Å². The minimum absolute atomic E-state index is 0.267. The molecule has 0 spiro atoms. The maximum absolute atomic E-state index is 12.8. The molecule has 11 heteroatoms. The lowest BCUT2D eigenvalue weighted by Gasteiger charge is -2.23. The molecule has 1 aromatic carbocycles. The third kappa shape index (κ3) is 6.16. The highest BCUT2D eigenvalue weighted by atomic mass is 16.7. The lowest BCUT2D eigenvalue weighted by Crippen LogP contribution is -2.41. The maximum atomic E-state index is 12.8. The minimum Gasteiger partial charge on any atom is -0.463 e. The summed E-state index contributed by atoms with van der Waals surface area (Å²) in [5.41, 5.74) is 1.14. The Hall–Kier alpha value is -3.73. The summed E-state index contributed by atoms with van der Waals surface area (Å²) in [5, 5.41) is 3.03. The second kappa shape index (κ2) is 10.3. The van der Waals surface area contributed by atoms with Gasteiger partial charge in [-0.2, -0.15) is 4.98 Å². The molecule has 4 atom stereocenters. The van der Waals surface area contributed by atoms with Gasteiger partial charge < -0.3 is 24.3 Å². The first-order valence-electron chi connectivity index (χ1n) is 10.2. The number of esters is 3. The standard InChI is InChI=1S/C22H25N3O8/c1-12-5-7-16(8-6-12)23-18-9-10-25(22(29)24-18)21-20(32-15(4)28)19(31-14(3)27)17(33-21)11-30-13(2)26/h5-10,17,19-21H,11H2,1-4H3,(H,23,24,29)/t17-,19-,20-,21-/m1/s1. The van der Waals surface area contributed by atoms with E-state index < -0.39 is 48.1 Å². The molecule has 3 rings (SSSR count). The molecular formula is C22H25N3O8. The second-order valence-electron chi connectivity index (χ2n) is 7.51. The second-order valence-corrected chi connectivity index (χ2v) is 7.51. The van der Waals surface area contributed by atoms with E-state index in [1.54, 1.807) is 6.07 Å². The largest absolute Gasteiger partial charge is 0.463 e. The van der Waals surface area contributed by atoms with E-state index in [4.69, 9.17) is 18.9 Å². The van der Waals surface area contributed by atoms with Crippen LogP contribution in [-0.2, 0) is 33.3 Å². The number of benzene rings is 1. The van der Waals surface area contributed by atoms with Crippen LogP contribution in [0.2, 0.25) is 0 Å². The smallest absolute Gasteiger partial charge is 0.351 e. The Bertz CT molecular complexity index is 1080. The van der Waals surface area contributed by atoms with Gasteiger partial charge in [0.25, 0.3) is 0 Å². The Morgan fingerprint density at radius 3 is 2.21 bits per heavy atom. The number of carbonyl (C=O) groups is 3. The lowest BCUT2D eigenvalue weighted by atomic mass is 10.1. The number of hydrogen-bond donors (Lipinski definition) is 1. The van der Waals surface area contributed by atoms with Crippen molar-refractivity contribution in [3.05, 3.63) is 52.6 Å². The highest BCUT2D eigenvalue weighted by Gasteiger charge is 2.50. The molecule has 1 aromatic heterocycles. The van der Waals surface area contributed by atoms with Crippen molar-refractivity contribution in [1.82, 2.24) is 9.55 Å². The number of nitrogens with zero attached hydrogens (tertiary/aromatic N) is 2. The fraction of sp³-hybridized carbons (Fsp3) is 0.409. The number of aromatic nitrogens is 2. The molecule has 33 heavy (non-hydrogen) atoms. The van der Waals surface area contributed by atoms with Crippen LogP contribution in [0.5, 0.6) is 0 Å². The molecule has 2 aromatic rings. The van der Waals surface area contributed by atoms with Gasteiger partial charge in [0.05, 0.1) is 0 Å². The number of ether oxygens (including phenoxy) is 4. The van der Waals surface area contributed by atoms with Crippen molar-refractivity contribution in [1.29, 1.82) is 0 Å². The van der Waals surface area contributed by atoms with E-state index in [1.807, 2.05) is 31.2 Å². The number of aryl methyl sites for hydroxylation is 1. The average Bonchev–Trinajstić information content (AvgIpc) is 3.04. The minimum atomic E-state index is -1.16. The molecule has 1 aliphatic heterocycles. The van der Waals surface area contributed by atoms with Gasteiger partial charge in [0.15, 0.2) is 18.4 Å². The summed E-state index contributed by atoms with van der Waals surface area (Å²) in [4.78, 5) is 51.5. The molecule has 176 valence electrons. The van der Waals surface area contributed by atoms with Crippen LogP contribution in [0.15, 0.2) is 41.3 Å². The van der Waals surface area contributed by atoms with Gasteiger partial charge >= 0.3 is 23.6 Å². The predicted octanol–water partition coefficient (Wildman–Crippen LogP) is 1.62. The molecule has 2 heterocycles. The van der Waals surface area contributed by atoms with Crippen LogP contribution in [-0.4, -0.2) is 52.4 Å². The third-order valence-electron chi connectivity index (χ3n) is 4.77. The monoisotopic (exact) mass is 459 g/mol. The molecular weight excluding hydrogens is 434 g/mol. The normalized spacial score (nSPS) is 21.8. The van der Waals surface area contributed by atoms with Crippen LogP contribution in [0.4, 0.5) is 11.5 Å². The summed E-state index contributed by atoms with van der Waals surface area (Å²) in [7, 11) is 0. The molecule has 11 nitrogen and oxygen atoms in total. The first kappa shape index (κ1) is 23.9. The van der Waals surface area contributed by atoms with Crippen molar-refractivity contribution in [2.24, 2.45) is 0 Å². The SMILES string of the molecule is CC(=O)OC[C@H]1O[C@@H](n2ccc(Nc3ccc(C)cc3)nc2=O)[C@H](OC(C)=O)[C@@H]1OC(C)=O. The lowest BCUT2D eigenvalue weighted by molar-refractivity contribution is -0.166. The molecule has 1 N–H and O–H groups in total. The van der Waals surface area contributed by atoms with Crippen molar-refractivity contribution in [3.63, 3.8) is 0 Å². The Morgan fingerprint density at radius 1 is 1.00 bits per heavy atom. The molecule has 1 saturated heterocycles. The van der Waals surface area contributed by atoms with Crippen LogP contribution >= 0.6 is 0 Å². The highest BCUT2D eigenvalue weighted by Crippen LogP contribution is 2.33. The zero-order valence-electron chi connectivity index (χ0n) is 18.6. The number of nitrogens with one attached hydrogen (secondary N) is 1. The van der Waals surface area contributed by atoms with Crippen molar-refractivity contribution in [2.75, 3.05) is 11.9 Å². The van der Waals surface area contributed by atoms with Crippen LogP contribution < -0.4 is 11.0 Å². The zero-order chi connectivity index (χ0) is 24.1. The van der Waals surface area contributed by atoms with Crippen LogP contribution in [0.25, 0.3) is 0 Å². The quantitative estimate of drug-likeness (QED) is 0.481. The molecule has 0 amide bonds. The van der Waals surface area contributed by atoms with Gasteiger partial charge in [-0.25, -0.2) is 4.79 Å². The van der Waals surface area contributed by atoms with E-state index >= 15 is 0 Å². The van der Waals surface area contributed by atoms with Crippen LogP contribution in [0.1, 0.15) is 32.6 Å². The fourth-order valence-electron chi connectivity index (χ4n) is 3.38. The first-order valence-corrected chi connectivity index (χ1v) is 10.2. The third-order valence-corrected chi connectivity index (χ3v) is 4.77. The molecule has 0 bridgehead atoms. The van der Waals surface area contributed by atoms with Gasteiger partial charge in [-0.3, -0.25) is 19.0 Å². The van der Waals surface area contributed by atoms with E-state index in [-0.39, 0.29) is 6.61 Å². The van der Waals surface area contributed by atoms with Gasteiger partial charge in [0.1, 0.15) is 18.5 Å². The molecule has 0 aliphatic carbocycles. The highest BCUT2D eigenvalue weighted by molar-refractivity contribution is 5.68. The fourth-order valence-corrected chi connectivity index (χ4v) is 3.38. The van der Waals surface area contributed by atoms with Gasteiger partial charge in [0, 0.05) is 32.7 Å². The average molecular weight is 459 g/mol. The molecule has 0 radical (unpaired) electrons. The van der Waals surface area contributed by atoms with E-state index in [1.165, 1.54) is 27.0 Å². The van der Waals surface area contributed by atoms with Crippen molar-refractivity contribution < 1.29 is 33.3 Å². The topological polar surface area (TPSA) is 135 Å². The molecule has 0 saturated carbocycles. The van der Waals surface area contributed by atoms with Crippen molar-refractivity contribution in [2.45, 2.75) is 52.2 Å². The van der Waals surface area contributed by atoms with Crippen LogP contribution in [0, 0.1) is 6.92 Å². The summed E-state index contributed by atoms with van der Waals surface area (Å²) in [6.07, 6.45) is -2.97. The summed E-state index contributed by atoms with van der Waals surface area (Å²) >= 11 is 0. The van der Waals surface area contributed by atoms with E-state index in [0.717, 1.165) is 15.8 Å². The maximum Gasteiger partial charge on any atom is 0.351 e. The zero-order valence-corrected chi connectivity index (χ0v) is 18.6. The molecule has 1 aliphatic rings. The Kier molecular flexibility index (Phi) is 7.44. The molecule has 1 fully saturated rings. The number of carbonyl (C=O) groups excluding carboxylic acids is 3. The van der Waals surface area contributed by atoms with Gasteiger partial charge in [-0.1, -0.05) is 17.7 Å². The Morgan fingerprint density at radius 2 is 1.64 bits per heavy atom. The van der Waals surface area contributed by atoms with Gasteiger partial charge in [-0.05, 0) is 25.1 Å². The first-order chi connectivity index (χ1) is 15.6. The number of anilines is 2. The van der Waals surface area contributed by atoms with Crippen molar-refractivity contribution in [3.8, 4) is 0 Å². The number of hydrogen-bond acceptors (Lipinski definition) is 10.